The van der Waals surface area contributed by atoms with E-state index < -0.39 is 0 Å². The largest absolute Gasteiger partial charge is 0.496 e. The van der Waals surface area contributed by atoms with Crippen LogP contribution in [0.2, 0.25) is 0 Å². The van der Waals surface area contributed by atoms with E-state index in [1.807, 2.05) is 6.07 Å². The molecule has 0 saturated heterocycles. The van der Waals surface area contributed by atoms with Crippen LogP contribution in [0.4, 0.5) is 5.69 Å². The van der Waals surface area contributed by atoms with Gasteiger partial charge in [0.25, 0.3) is 0 Å². The zero-order valence-electron chi connectivity index (χ0n) is 18.0. The molecule has 0 N–H and O–H groups in total. The van der Waals surface area contributed by atoms with E-state index in [4.69, 9.17) is 9.72 Å². The average Bonchev–Trinajstić information content (AvgIpc) is 3.23. The van der Waals surface area contributed by atoms with Crippen LogP contribution in [0.5, 0.6) is 5.75 Å². The normalized spacial score (nSPS) is 11.3. The predicted molar refractivity (Wildman–Crippen MR) is 136 cm³/mol. The van der Waals surface area contributed by atoms with Crippen LogP contribution in [0.25, 0.3) is 22.4 Å². The van der Waals surface area contributed by atoms with Crippen LogP contribution in [0.3, 0.4) is 0 Å². The fourth-order valence-corrected chi connectivity index (χ4v) is 5.04. The maximum Gasteiger partial charge on any atom is 0.134 e. The Morgan fingerprint density at radius 2 is 1.81 bits per heavy atom. The van der Waals surface area contributed by atoms with Crippen molar-refractivity contribution in [1.82, 2.24) is 4.98 Å². The van der Waals surface area contributed by atoms with Gasteiger partial charge in [-0.25, -0.2) is 4.98 Å². The summed E-state index contributed by atoms with van der Waals surface area (Å²) in [6.45, 7) is 4.08. The van der Waals surface area contributed by atoms with Gasteiger partial charge in [-0.2, -0.15) is 0 Å². The third-order valence-electron chi connectivity index (χ3n) is 5.18. The highest BCUT2D eigenvalue weighted by molar-refractivity contribution is 7.98. The Morgan fingerprint density at radius 3 is 2.48 bits per heavy atom. The van der Waals surface area contributed by atoms with Gasteiger partial charge in [0.15, 0.2) is 0 Å². The van der Waals surface area contributed by atoms with E-state index in [1.165, 1.54) is 21.5 Å². The maximum atomic E-state index is 5.48. The van der Waals surface area contributed by atoms with Gasteiger partial charge in [0.1, 0.15) is 10.8 Å². The smallest absolute Gasteiger partial charge is 0.134 e. The van der Waals surface area contributed by atoms with Gasteiger partial charge in [0.2, 0.25) is 0 Å². The molecule has 0 bridgehead atoms. The Kier molecular flexibility index (Phi) is 6.95. The number of aromatic nitrogens is 1. The summed E-state index contributed by atoms with van der Waals surface area (Å²) in [5.74, 6) is 0.882. The summed E-state index contributed by atoms with van der Waals surface area (Å²) in [5.41, 5.74) is 4.71. The molecule has 0 aliphatic heterocycles. The molecular weight excluding hydrogens is 420 g/mol. The number of rotatable bonds is 8. The van der Waals surface area contributed by atoms with Gasteiger partial charge in [-0.1, -0.05) is 48.5 Å². The molecule has 0 radical (unpaired) electrons. The van der Waals surface area contributed by atoms with Crippen LogP contribution < -0.4 is 9.64 Å². The van der Waals surface area contributed by atoms with Crippen molar-refractivity contribution < 1.29 is 4.74 Å². The molecule has 3 nitrogen and oxygen atoms in total. The molecule has 0 spiro atoms. The standard InChI is InChI=1S/C26H26N2OS2/c1-4-28(18-20-8-6-5-7-9-20)21-13-10-19(11-14-21)12-15-26-27-22-16-23(29-2)25(30-3)17-24(22)31-26/h5-17H,4,18H2,1-3H3. The second-order valence-electron chi connectivity index (χ2n) is 7.15. The summed E-state index contributed by atoms with van der Waals surface area (Å²) in [6, 6.07) is 23.5. The molecule has 158 valence electrons. The maximum absolute atomic E-state index is 5.48. The fourth-order valence-electron chi connectivity index (χ4n) is 3.50. The third kappa shape index (κ3) is 5.12. The summed E-state index contributed by atoms with van der Waals surface area (Å²) in [5, 5.41) is 0.999. The number of thiazole rings is 1. The number of anilines is 1. The van der Waals surface area contributed by atoms with Crippen LogP contribution in [-0.4, -0.2) is 24.9 Å². The number of hydrogen-bond acceptors (Lipinski definition) is 5. The quantitative estimate of drug-likeness (QED) is 0.267. The molecular formula is C26H26N2OS2. The van der Waals surface area contributed by atoms with Crippen molar-refractivity contribution in [1.29, 1.82) is 0 Å². The van der Waals surface area contributed by atoms with Gasteiger partial charge >= 0.3 is 0 Å². The van der Waals surface area contributed by atoms with Crippen LogP contribution in [0.15, 0.2) is 71.6 Å². The van der Waals surface area contributed by atoms with Crippen LogP contribution in [-0.2, 0) is 6.54 Å². The third-order valence-corrected chi connectivity index (χ3v) is 6.93. The number of nitrogens with zero attached hydrogens (tertiary/aromatic N) is 2. The fraction of sp³-hybridized carbons (Fsp3) is 0.192. The van der Waals surface area contributed by atoms with Crippen molar-refractivity contribution in [3.8, 4) is 5.75 Å². The molecule has 3 aromatic carbocycles. The molecule has 0 aliphatic carbocycles. The van der Waals surface area contributed by atoms with Crippen molar-refractivity contribution >= 4 is 51.2 Å². The number of thioether (sulfide) groups is 1. The van der Waals surface area contributed by atoms with E-state index in [1.54, 1.807) is 30.2 Å². The number of ether oxygens (including phenoxy) is 1. The molecule has 5 heteroatoms. The minimum atomic E-state index is 0.882. The number of hydrogen-bond donors (Lipinski definition) is 0. The Hall–Kier alpha value is -2.76. The average molecular weight is 447 g/mol. The summed E-state index contributed by atoms with van der Waals surface area (Å²) < 4.78 is 6.66. The minimum absolute atomic E-state index is 0.882. The monoisotopic (exact) mass is 446 g/mol. The van der Waals surface area contributed by atoms with Gasteiger partial charge in [-0.3, -0.25) is 0 Å². The molecule has 4 rings (SSSR count). The highest BCUT2D eigenvalue weighted by atomic mass is 32.2. The Labute approximate surface area is 192 Å². The first-order chi connectivity index (χ1) is 15.2. The van der Waals surface area contributed by atoms with Crippen molar-refractivity contribution in [3.63, 3.8) is 0 Å². The van der Waals surface area contributed by atoms with Crippen molar-refractivity contribution in [2.24, 2.45) is 0 Å². The molecule has 1 aromatic heterocycles. The molecule has 1 heterocycles. The molecule has 4 aromatic rings. The zero-order chi connectivity index (χ0) is 21.6. The molecule has 0 aliphatic rings. The second-order valence-corrected chi connectivity index (χ2v) is 9.06. The van der Waals surface area contributed by atoms with Gasteiger partial charge in [-0.05, 0) is 48.6 Å². The van der Waals surface area contributed by atoms with Crippen molar-refractivity contribution in [2.75, 3.05) is 24.8 Å². The first-order valence-corrected chi connectivity index (χ1v) is 12.3. The number of fused-ring (bicyclic) bond motifs is 1. The minimum Gasteiger partial charge on any atom is -0.496 e. The zero-order valence-corrected chi connectivity index (χ0v) is 19.7. The van der Waals surface area contributed by atoms with E-state index in [-0.39, 0.29) is 0 Å². The van der Waals surface area contributed by atoms with Crippen molar-refractivity contribution in [3.05, 3.63) is 82.9 Å². The van der Waals surface area contributed by atoms with Crippen LogP contribution in [0.1, 0.15) is 23.1 Å². The van der Waals surface area contributed by atoms with Gasteiger partial charge < -0.3 is 9.64 Å². The lowest BCUT2D eigenvalue weighted by Gasteiger charge is -2.23. The molecule has 0 saturated carbocycles. The van der Waals surface area contributed by atoms with E-state index in [2.05, 4.69) is 90.9 Å². The van der Waals surface area contributed by atoms with Gasteiger partial charge in [0, 0.05) is 24.8 Å². The molecule has 0 fully saturated rings. The summed E-state index contributed by atoms with van der Waals surface area (Å²) in [4.78, 5) is 8.27. The van der Waals surface area contributed by atoms with Crippen LogP contribution in [0, 0.1) is 0 Å². The SMILES string of the molecule is CCN(Cc1ccccc1)c1ccc(C=Cc2nc3cc(OC)c(SC)cc3s2)cc1. The Morgan fingerprint density at radius 1 is 1.03 bits per heavy atom. The molecule has 0 amide bonds. The number of benzene rings is 3. The van der Waals surface area contributed by atoms with E-state index in [0.29, 0.717) is 0 Å². The number of methoxy groups -OCH3 is 1. The first-order valence-electron chi connectivity index (χ1n) is 10.3. The van der Waals surface area contributed by atoms with E-state index >= 15 is 0 Å². The highest BCUT2D eigenvalue weighted by Gasteiger charge is 2.09. The van der Waals surface area contributed by atoms with Gasteiger partial charge in [-0.15, -0.1) is 23.1 Å². The first kappa shape index (κ1) is 21.5. The van der Waals surface area contributed by atoms with E-state index in [0.717, 1.165) is 34.3 Å². The highest BCUT2D eigenvalue weighted by Crippen LogP contribution is 2.35. The van der Waals surface area contributed by atoms with Crippen molar-refractivity contribution in [2.45, 2.75) is 18.4 Å². The summed E-state index contributed by atoms with van der Waals surface area (Å²) in [7, 11) is 1.71. The molecule has 31 heavy (non-hydrogen) atoms. The van der Waals surface area contributed by atoms with Gasteiger partial charge in [0.05, 0.1) is 22.2 Å². The molecule has 0 unspecified atom stereocenters. The van der Waals surface area contributed by atoms with E-state index in [9.17, 15) is 0 Å². The van der Waals surface area contributed by atoms with Crippen LogP contribution >= 0.6 is 23.1 Å². The summed E-state index contributed by atoms with van der Waals surface area (Å²) >= 11 is 3.40. The predicted octanol–water partition coefficient (Wildman–Crippen LogP) is 7.22. The lowest BCUT2D eigenvalue weighted by atomic mass is 10.1. The Balaban J connectivity index is 1.49. The summed E-state index contributed by atoms with van der Waals surface area (Å²) in [6.07, 6.45) is 6.28. The lowest BCUT2D eigenvalue weighted by Crippen LogP contribution is -2.21. The lowest BCUT2D eigenvalue weighted by molar-refractivity contribution is 0.405. The Bertz CT molecular complexity index is 1130. The topological polar surface area (TPSA) is 25.4 Å². The molecule has 0 atom stereocenters. The second kappa shape index (κ2) is 10.0.